The number of nitrogens with one attached hydrogen (secondary N) is 2. The van der Waals surface area contributed by atoms with Gasteiger partial charge < -0.3 is 24.7 Å². The molecule has 0 unspecified atom stereocenters. The van der Waals surface area contributed by atoms with Crippen molar-refractivity contribution >= 4 is 23.2 Å². The van der Waals surface area contributed by atoms with Crippen molar-refractivity contribution in [3.63, 3.8) is 0 Å². The molecule has 138 valence electrons. The highest BCUT2D eigenvalue weighted by atomic mass is 16.5. The van der Waals surface area contributed by atoms with Gasteiger partial charge in [-0.25, -0.2) is 0 Å². The van der Waals surface area contributed by atoms with E-state index >= 15 is 0 Å². The van der Waals surface area contributed by atoms with E-state index in [1.165, 1.54) is 6.26 Å². The van der Waals surface area contributed by atoms with Crippen molar-refractivity contribution in [3.05, 3.63) is 48.4 Å². The fraction of sp³-hybridized carbons (Fsp3) is 0.368. The smallest absolute Gasteiger partial charge is 0.286 e. The van der Waals surface area contributed by atoms with Crippen LogP contribution in [0.1, 0.15) is 23.4 Å². The summed E-state index contributed by atoms with van der Waals surface area (Å²) < 4.78 is 10.4. The monoisotopic (exact) mass is 357 g/mol. The van der Waals surface area contributed by atoms with Gasteiger partial charge in [0.25, 0.3) is 5.91 Å². The normalized spacial score (nSPS) is 14.1. The van der Waals surface area contributed by atoms with Gasteiger partial charge in [-0.2, -0.15) is 0 Å². The third-order valence-electron chi connectivity index (χ3n) is 4.14. The summed E-state index contributed by atoms with van der Waals surface area (Å²) in [5.74, 6) is -0.0692. The second-order valence-electron chi connectivity index (χ2n) is 6.03. The van der Waals surface area contributed by atoms with Crippen molar-refractivity contribution in [2.75, 3.05) is 43.1 Å². The number of nitrogens with zero attached hydrogens (tertiary/aromatic N) is 1. The minimum absolute atomic E-state index is 0.0728. The molecule has 2 amide bonds. The number of rotatable bonds is 7. The van der Waals surface area contributed by atoms with Crippen molar-refractivity contribution in [1.82, 2.24) is 5.32 Å². The Hall–Kier alpha value is -2.80. The molecule has 2 N–H and O–H groups in total. The average molecular weight is 357 g/mol. The fourth-order valence-electron chi connectivity index (χ4n) is 2.75. The predicted molar refractivity (Wildman–Crippen MR) is 98.4 cm³/mol. The first-order chi connectivity index (χ1) is 12.7. The van der Waals surface area contributed by atoms with Gasteiger partial charge in [0.1, 0.15) is 0 Å². The summed E-state index contributed by atoms with van der Waals surface area (Å²) >= 11 is 0. The van der Waals surface area contributed by atoms with Crippen LogP contribution in [0.25, 0.3) is 0 Å². The SMILES string of the molecule is O=C(CCCNC(=O)c1ccco1)Nc1ccc(N2CCOCC2)cc1. The Balaban J connectivity index is 1.37. The van der Waals surface area contributed by atoms with E-state index in [0.29, 0.717) is 19.4 Å². The number of hydrogen-bond acceptors (Lipinski definition) is 5. The highest BCUT2D eigenvalue weighted by Gasteiger charge is 2.11. The molecule has 1 aromatic carbocycles. The van der Waals surface area contributed by atoms with Gasteiger partial charge in [0.05, 0.1) is 19.5 Å². The summed E-state index contributed by atoms with van der Waals surface area (Å²) in [5, 5.41) is 5.59. The van der Waals surface area contributed by atoms with Crippen LogP contribution < -0.4 is 15.5 Å². The van der Waals surface area contributed by atoms with Crippen LogP contribution in [0, 0.1) is 0 Å². The summed E-state index contributed by atoms with van der Waals surface area (Å²) in [5.41, 5.74) is 1.90. The Morgan fingerprint density at radius 2 is 1.85 bits per heavy atom. The van der Waals surface area contributed by atoms with Gasteiger partial charge in [0.2, 0.25) is 5.91 Å². The molecule has 1 saturated heterocycles. The summed E-state index contributed by atoms with van der Waals surface area (Å²) in [6.45, 7) is 3.68. The lowest BCUT2D eigenvalue weighted by Gasteiger charge is -2.28. The molecule has 26 heavy (non-hydrogen) atoms. The van der Waals surface area contributed by atoms with Gasteiger partial charge >= 0.3 is 0 Å². The van der Waals surface area contributed by atoms with E-state index in [4.69, 9.17) is 9.15 Å². The summed E-state index contributed by atoms with van der Waals surface area (Å²) in [7, 11) is 0. The van der Waals surface area contributed by atoms with E-state index in [1.54, 1.807) is 12.1 Å². The molecule has 7 nitrogen and oxygen atoms in total. The molecule has 1 fully saturated rings. The van der Waals surface area contributed by atoms with Crippen LogP contribution in [0.2, 0.25) is 0 Å². The van der Waals surface area contributed by atoms with Crippen molar-refractivity contribution in [1.29, 1.82) is 0 Å². The average Bonchev–Trinajstić information content (AvgIpc) is 3.21. The molecule has 2 heterocycles. The van der Waals surface area contributed by atoms with Crippen molar-refractivity contribution in [3.8, 4) is 0 Å². The molecule has 0 saturated carbocycles. The van der Waals surface area contributed by atoms with Crippen LogP contribution in [0.3, 0.4) is 0 Å². The maximum atomic E-state index is 12.0. The van der Waals surface area contributed by atoms with Gasteiger partial charge in [0.15, 0.2) is 5.76 Å². The predicted octanol–water partition coefficient (Wildman–Crippen LogP) is 2.26. The molecular weight excluding hydrogens is 334 g/mol. The molecule has 1 aliphatic rings. The van der Waals surface area contributed by atoms with E-state index in [-0.39, 0.29) is 17.6 Å². The first-order valence-corrected chi connectivity index (χ1v) is 8.77. The molecule has 3 rings (SSSR count). The summed E-state index contributed by atoms with van der Waals surface area (Å²) in [6.07, 6.45) is 2.35. The van der Waals surface area contributed by atoms with Crippen LogP contribution in [-0.4, -0.2) is 44.7 Å². The van der Waals surface area contributed by atoms with Crippen molar-refractivity contribution in [2.45, 2.75) is 12.8 Å². The van der Waals surface area contributed by atoms with E-state index in [9.17, 15) is 9.59 Å². The van der Waals surface area contributed by atoms with Gasteiger partial charge in [-0.15, -0.1) is 0 Å². The Kier molecular flexibility index (Phi) is 6.27. The first-order valence-electron chi connectivity index (χ1n) is 8.77. The van der Waals surface area contributed by atoms with Gasteiger partial charge in [-0.3, -0.25) is 9.59 Å². The number of ether oxygens (including phenoxy) is 1. The summed E-state index contributed by atoms with van der Waals surface area (Å²) in [4.78, 5) is 26.0. The van der Waals surface area contributed by atoms with Crippen LogP contribution in [-0.2, 0) is 9.53 Å². The molecule has 7 heteroatoms. The lowest BCUT2D eigenvalue weighted by atomic mass is 10.2. The maximum Gasteiger partial charge on any atom is 0.286 e. The van der Waals surface area contributed by atoms with Crippen molar-refractivity contribution in [2.24, 2.45) is 0 Å². The molecule has 0 aliphatic carbocycles. The number of carbonyl (C=O) groups is 2. The zero-order valence-electron chi connectivity index (χ0n) is 14.6. The fourth-order valence-corrected chi connectivity index (χ4v) is 2.75. The molecule has 1 aliphatic heterocycles. The number of benzene rings is 1. The lowest BCUT2D eigenvalue weighted by Crippen LogP contribution is -2.36. The van der Waals surface area contributed by atoms with Crippen LogP contribution >= 0.6 is 0 Å². The topological polar surface area (TPSA) is 83.8 Å². The van der Waals surface area contributed by atoms with Crippen LogP contribution in [0.4, 0.5) is 11.4 Å². The Labute approximate surface area is 152 Å². The van der Waals surface area contributed by atoms with E-state index in [0.717, 1.165) is 37.7 Å². The number of anilines is 2. The van der Waals surface area contributed by atoms with Gasteiger partial charge in [-0.1, -0.05) is 0 Å². The molecule has 1 aromatic heterocycles. The Morgan fingerprint density at radius 3 is 2.54 bits per heavy atom. The zero-order chi connectivity index (χ0) is 18.2. The molecule has 0 bridgehead atoms. The zero-order valence-corrected chi connectivity index (χ0v) is 14.6. The largest absolute Gasteiger partial charge is 0.459 e. The highest BCUT2D eigenvalue weighted by molar-refractivity contribution is 5.92. The molecular formula is C19H23N3O4. The lowest BCUT2D eigenvalue weighted by molar-refractivity contribution is -0.116. The molecule has 2 aromatic rings. The third-order valence-corrected chi connectivity index (χ3v) is 4.14. The minimum atomic E-state index is -0.269. The van der Waals surface area contributed by atoms with Gasteiger partial charge in [0, 0.05) is 37.4 Å². The summed E-state index contributed by atoms with van der Waals surface area (Å²) in [6, 6.07) is 11.1. The number of morpholine rings is 1. The quantitative estimate of drug-likeness (QED) is 0.743. The highest BCUT2D eigenvalue weighted by Crippen LogP contribution is 2.19. The third kappa shape index (κ3) is 5.10. The number of amides is 2. The Morgan fingerprint density at radius 1 is 1.08 bits per heavy atom. The van der Waals surface area contributed by atoms with E-state index in [2.05, 4.69) is 15.5 Å². The molecule has 0 radical (unpaired) electrons. The second kappa shape index (κ2) is 9.05. The Bertz CT molecular complexity index is 707. The van der Waals surface area contributed by atoms with E-state index in [1.807, 2.05) is 24.3 Å². The maximum absolute atomic E-state index is 12.0. The van der Waals surface area contributed by atoms with Gasteiger partial charge in [-0.05, 0) is 42.8 Å². The number of hydrogen-bond donors (Lipinski definition) is 2. The van der Waals surface area contributed by atoms with E-state index < -0.39 is 0 Å². The first kappa shape index (κ1) is 18.0. The van der Waals surface area contributed by atoms with Crippen LogP contribution in [0.5, 0.6) is 0 Å². The molecule has 0 atom stereocenters. The van der Waals surface area contributed by atoms with Crippen molar-refractivity contribution < 1.29 is 18.7 Å². The number of furan rings is 1. The second-order valence-corrected chi connectivity index (χ2v) is 6.03. The standard InChI is InChI=1S/C19H23N3O4/c23-18(4-1-9-20-19(24)17-3-2-12-26-17)21-15-5-7-16(8-6-15)22-10-13-25-14-11-22/h2-3,5-8,12H,1,4,9-11,13-14H2,(H,20,24)(H,21,23). The number of carbonyl (C=O) groups excluding carboxylic acids is 2. The molecule has 0 spiro atoms. The minimum Gasteiger partial charge on any atom is -0.459 e. The van der Waals surface area contributed by atoms with Crippen LogP contribution in [0.15, 0.2) is 47.1 Å².